The molecule has 1 aliphatic heterocycles. The van der Waals surface area contributed by atoms with Crippen LogP contribution in [0.15, 0.2) is 24.3 Å². The van der Waals surface area contributed by atoms with Crippen molar-refractivity contribution >= 4 is 24.2 Å². The van der Waals surface area contributed by atoms with E-state index in [4.69, 9.17) is 5.73 Å². The number of halogens is 1. The van der Waals surface area contributed by atoms with Crippen LogP contribution in [0.5, 0.6) is 0 Å². The van der Waals surface area contributed by atoms with E-state index in [-0.39, 0.29) is 30.1 Å². The summed E-state index contributed by atoms with van der Waals surface area (Å²) in [5.74, 6) is -0.106. The van der Waals surface area contributed by atoms with Gasteiger partial charge >= 0.3 is 0 Å². The van der Waals surface area contributed by atoms with Gasteiger partial charge in [-0.2, -0.15) is 0 Å². The van der Waals surface area contributed by atoms with Crippen molar-refractivity contribution in [3.8, 4) is 0 Å². The molecule has 2 rings (SSSR count). The number of amides is 2. The largest absolute Gasteiger partial charge is 0.355 e. The number of aryl methyl sites for hydroxylation is 1. The lowest BCUT2D eigenvalue weighted by Crippen LogP contribution is -2.46. The number of likely N-dealkylation sites (tertiary alicyclic amines) is 1. The van der Waals surface area contributed by atoms with Crippen molar-refractivity contribution in [3.05, 3.63) is 35.4 Å². The quantitative estimate of drug-likeness (QED) is 0.877. The van der Waals surface area contributed by atoms with E-state index in [1.165, 1.54) is 0 Å². The molecule has 1 aliphatic rings. The minimum atomic E-state index is -0.127. The zero-order valence-corrected chi connectivity index (χ0v) is 13.7. The van der Waals surface area contributed by atoms with Gasteiger partial charge in [0.15, 0.2) is 0 Å². The SMILES string of the molecule is Cc1ccccc1C(=O)N1CCCC(C(=O)NCCN)C1.Cl. The second kappa shape index (κ2) is 8.76. The molecule has 0 aliphatic carbocycles. The lowest BCUT2D eigenvalue weighted by molar-refractivity contribution is -0.126. The van der Waals surface area contributed by atoms with Crippen molar-refractivity contribution in [1.29, 1.82) is 0 Å². The number of piperidine rings is 1. The minimum Gasteiger partial charge on any atom is -0.355 e. The highest BCUT2D eigenvalue weighted by molar-refractivity contribution is 5.96. The Morgan fingerprint density at radius 3 is 2.77 bits per heavy atom. The van der Waals surface area contributed by atoms with E-state index in [0.29, 0.717) is 26.2 Å². The summed E-state index contributed by atoms with van der Waals surface area (Å²) in [6, 6.07) is 7.57. The van der Waals surface area contributed by atoms with E-state index in [1.807, 2.05) is 31.2 Å². The average Bonchev–Trinajstić information content (AvgIpc) is 2.52. The zero-order chi connectivity index (χ0) is 15.2. The highest BCUT2D eigenvalue weighted by Crippen LogP contribution is 2.20. The fourth-order valence-corrected chi connectivity index (χ4v) is 2.70. The molecule has 3 N–H and O–H groups in total. The predicted octanol–water partition coefficient (Wildman–Crippen LogP) is 1.34. The minimum absolute atomic E-state index is 0. The number of carbonyl (C=O) groups is 2. The van der Waals surface area contributed by atoms with Crippen LogP contribution in [-0.2, 0) is 4.79 Å². The lowest BCUT2D eigenvalue weighted by Gasteiger charge is -2.32. The Morgan fingerprint density at radius 2 is 2.09 bits per heavy atom. The monoisotopic (exact) mass is 325 g/mol. The summed E-state index contributed by atoms with van der Waals surface area (Å²) in [5, 5.41) is 2.81. The smallest absolute Gasteiger partial charge is 0.254 e. The van der Waals surface area contributed by atoms with E-state index in [2.05, 4.69) is 5.32 Å². The van der Waals surface area contributed by atoms with Gasteiger partial charge in [0, 0.05) is 31.7 Å². The van der Waals surface area contributed by atoms with Crippen molar-refractivity contribution in [2.45, 2.75) is 19.8 Å². The molecule has 0 spiro atoms. The molecule has 5 nitrogen and oxygen atoms in total. The molecule has 1 atom stereocenters. The summed E-state index contributed by atoms with van der Waals surface area (Å²) in [6.45, 7) is 4.06. The van der Waals surface area contributed by atoms with Crippen LogP contribution in [0.3, 0.4) is 0 Å². The van der Waals surface area contributed by atoms with Gasteiger partial charge in [-0.25, -0.2) is 0 Å². The summed E-state index contributed by atoms with van der Waals surface area (Å²) >= 11 is 0. The highest BCUT2D eigenvalue weighted by atomic mass is 35.5. The van der Waals surface area contributed by atoms with Gasteiger partial charge in [0.05, 0.1) is 5.92 Å². The third-order valence-electron chi connectivity index (χ3n) is 3.90. The van der Waals surface area contributed by atoms with Gasteiger partial charge in [0.2, 0.25) is 5.91 Å². The van der Waals surface area contributed by atoms with Gasteiger partial charge in [0.25, 0.3) is 5.91 Å². The first kappa shape index (κ1) is 18.5. The number of benzene rings is 1. The molecule has 6 heteroatoms. The van der Waals surface area contributed by atoms with Gasteiger partial charge in [-0.05, 0) is 31.4 Å². The molecular weight excluding hydrogens is 302 g/mol. The van der Waals surface area contributed by atoms with Crippen molar-refractivity contribution in [2.24, 2.45) is 11.7 Å². The number of nitrogens with zero attached hydrogens (tertiary/aromatic N) is 1. The molecule has 2 amide bonds. The van der Waals surface area contributed by atoms with Crippen LogP contribution in [0.25, 0.3) is 0 Å². The first-order chi connectivity index (χ1) is 10.1. The lowest BCUT2D eigenvalue weighted by atomic mass is 9.96. The van der Waals surface area contributed by atoms with Crippen LogP contribution in [-0.4, -0.2) is 42.9 Å². The molecule has 0 bridgehead atoms. The zero-order valence-electron chi connectivity index (χ0n) is 12.9. The molecular formula is C16H24ClN3O2. The van der Waals surface area contributed by atoms with Crippen LogP contribution in [0, 0.1) is 12.8 Å². The maximum atomic E-state index is 12.6. The number of hydrogen-bond donors (Lipinski definition) is 2. The summed E-state index contributed by atoms with van der Waals surface area (Å²) in [5.41, 5.74) is 7.09. The topological polar surface area (TPSA) is 75.4 Å². The van der Waals surface area contributed by atoms with Crippen LogP contribution < -0.4 is 11.1 Å². The number of nitrogens with two attached hydrogens (primary N) is 1. The van der Waals surface area contributed by atoms with Crippen LogP contribution in [0.4, 0.5) is 0 Å². The number of nitrogens with one attached hydrogen (secondary N) is 1. The molecule has 22 heavy (non-hydrogen) atoms. The Kier molecular flexibility index (Phi) is 7.35. The van der Waals surface area contributed by atoms with E-state index in [1.54, 1.807) is 4.90 Å². The Hall–Kier alpha value is -1.59. The van der Waals surface area contributed by atoms with Gasteiger partial charge in [-0.1, -0.05) is 18.2 Å². The van der Waals surface area contributed by atoms with Crippen LogP contribution in [0.2, 0.25) is 0 Å². The molecule has 1 saturated heterocycles. The summed E-state index contributed by atoms with van der Waals surface area (Å²) in [6.07, 6.45) is 1.69. The van der Waals surface area contributed by atoms with Crippen molar-refractivity contribution in [2.75, 3.05) is 26.2 Å². The number of carbonyl (C=O) groups excluding carboxylic acids is 2. The van der Waals surface area contributed by atoms with Crippen molar-refractivity contribution < 1.29 is 9.59 Å². The predicted molar refractivity (Wildman–Crippen MR) is 89.1 cm³/mol. The van der Waals surface area contributed by atoms with E-state index < -0.39 is 0 Å². The molecule has 1 fully saturated rings. The Morgan fingerprint density at radius 1 is 1.36 bits per heavy atom. The molecule has 0 saturated carbocycles. The maximum absolute atomic E-state index is 12.6. The average molecular weight is 326 g/mol. The molecule has 122 valence electrons. The third-order valence-corrected chi connectivity index (χ3v) is 3.90. The van der Waals surface area contributed by atoms with E-state index in [9.17, 15) is 9.59 Å². The Balaban J connectivity index is 0.00000242. The first-order valence-corrected chi connectivity index (χ1v) is 7.46. The summed E-state index contributed by atoms with van der Waals surface area (Å²) in [4.78, 5) is 26.4. The normalized spacial score (nSPS) is 17.5. The molecule has 0 aromatic heterocycles. The van der Waals surface area contributed by atoms with Crippen molar-refractivity contribution in [3.63, 3.8) is 0 Å². The standard InChI is InChI=1S/C16H23N3O2.ClH/c1-12-5-2-3-7-14(12)16(21)19-10-4-6-13(11-19)15(20)18-9-8-17;/h2-3,5,7,13H,4,6,8-11,17H2,1H3,(H,18,20);1H. The molecule has 1 aromatic rings. The number of rotatable bonds is 4. The molecule has 0 radical (unpaired) electrons. The van der Waals surface area contributed by atoms with E-state index in [0.717, 1.165) is 24.0 Å². The number of hydrogen-bond acceptors (Lipinski definition) is 3. The Labute approximate surface area is 137 Å². The Bertz CT molecular complexity index is 522. The summed E-state index contributed by atoms with van der Waals surface area (Å²) < 4.78 is 0. The van der Waals surface area contributed by atoms with Gasteiger partial charge in [0.1, 0.15) is 0 Å². The third kappa shape index (κ3) is 4.45. The first-order valence-electron chi connectivity index (χ1n) is 7.46. The fraction of sp³-hybridized carbons (Fsp3) is 0.500. The van der Waals surface area contributed by atoms with Crippen molar-refractivity contribution in [1.82, 2.24) is 10.2 Å². The van der Waals surface area contributed by atoms with Gasteiger partial charge < -0.3 is 16.0 Å². The fourth-order valence-electron chi connectivity index (χ4n) is 2.70. The second-order valence-electron chi connectivity index (χ2n) is 5.48. The molecule has 1 unspecified atom stereocenters. The highest BCUT2D eigenvalue weighted by Gasteiger charge is 2.29. The molecule has 1 aromatic carbocycles. The van der Waals surface area contributed by atoms with E-state index >= 15 is 0 Å². The maximum Gasteiger partial charge on any atom is 0.254 e. The van der Waals surface area contributed by atoms with Gasteiger partial charge in [-0.15, -0.1) is 12.4 Å². The van der Waals surface area contributed by atoms with Crippen LogP contribution >= 0.6 is 12.4 Å². The summed E-state index contributed by atoms with van der Waals surface area (Å²) in [7, 11) is 0. The van der Waals surface area contributed by atoms with Crippen LogP contribution in [0.1, 0.15) is 28.8 Å². The molecule has 1 heterocycles. The van der Waals surface area contributed by atoms with Gasteiger partial charge in [-0.3, -0.25) is 9.59 Å². The second-order valence-corrected chi connectivity index (χ2v) is 5.48.